The summed E-state index contributed by atoms with van der Waals surface area (Å²) >= 11 is 0. The average molecular weight is 490 g/mol. The van der Waals surface area contributed by atoms with Gasteiger partial charge in [-0.3, -0.25) is 9.89 Å². The highest BCUT2D eigenvalue weighted by Crippen LogP contribution is 2.10. The lowest BCUT2D eigenvalue weighted by Gasteiger charge is -2.35. The fourth-order valence-electron chi connectivity index (χ4n) is 3.15. The number of nitrogens with one attached hydrogen (secondary N) is 2. The Hall–Kier alpha value is -1.06. The topological polar surface area (TPSA) is 58.1 Å². The number of benzene rings is 1. The van der Waals surface area contributed by atoms with Crippen LogP contribution in [-0.4, -0.2) is 68.9 Å². The number of rotatable bonds is 9. The zero-order chi connectivity index (χ0) is 18.6. The maximum absolute atomic E-state index is 5.78. The third kappa shape index (κ3) is 10.2. The van der Waals surface area contributed by atoms with E-state index in [1.807, 2.05) is 30.3 Å². The van der Waals surface area contributed by atoms with E-state index in [9.17, 15) is 0 Å². The highest BCUT2D eigenvalue weighted by atomic mass is 127. The van der Waals surface area contributed by atoms with Gasteiger partial charge in [-0.25, -0.2) is 0 Å². The van der Waals surface area contributed by atoms with Crippen LogP contribution in [0, 0.1) is 0 Å². The van der Waals surface area contributed by atoms with Crippen molar-refractivity contribution in [3.8, 4) is 5.75 Å². The predicted octanol–water partition coefficient (Wildman–Crippen LogP) is 2.74. The molecule has 0 amide bonds. The first-order valence-corrected chi connectivity index (χ1v) is 9.75. The van der Waals surface area contributed by atoms with E-state index < -0.39 is 0 Å². The van der Waals surface area contributed by atoms with Gasteiger partial charge in [0.25, 0.3) is 0 Å². The lowest BCUT2D eigenvalue weighted by molar-refractivity contribution is -0.0679. The quantitative estimate of drug-likeness (QED) is 0.241. The second-order valence-corrected chi connectivity index (χ2v) is 6.72. The molecule has 2 N–H and O–H groups in total. The lowest BCUT2D eigenvalue weighted by Crippen LogP contribution is -2.45. The van der Waals surface area contributed by atoms with Crippen molar-refractivity contribution in [2.75, 3.05) is 45.9 Å². The van der Waals surface area contributed by atoms with Crippen molar-refractivity contribution in [2.45, 2.75) is 39.4 Å². The Labute approximate surface area is 181 Å². The monoisotopic (exact) mass is 490 g/mol. The summed E-state index contributed by atoms with van der Waals surface area (Å²) < 4.78 is 11.5. The summed E-state index contributed by atoms with van der Waals surface area (Å²) in [6.45, 7) is 12.5. The van der Waals surface area contributed by atoms with Crippen molar-refractivity contribution in [1.82, 2.24) is 15.5 Å². The second-order valence-electron chi connectivity index (χ2n) is 6.72. The molecule has 0 aromatic heterocycles. The first kappa shape index (κ1) is 24.0. The highest BCUT2D eigenvalue weighted by molar-refractivity contribution is 14.0. The number of aliphatic imine (C=N–C) groups is 1. The molecule has 1 fully saturated rings. The van der Waals surface area contributed by atoms with Gasteiger partial charge in [-0.15, -0.1) is 24.0 Å². The summed E-state index contributed by atoms with van der Waals surface area (Å²) in [6.07, 6.45) is 1.70. The molecular weight excluding hydrogens is 455 g/mol. The zero-order valence-corrected chi connectivity index (χ0v) is 19.1. The van der Waals surface area contributed by atoms with Crippen LogP contribution in [0.5, 0.6) is 5.75 Å². The van der Waals surface area contributed by atoms with E-state index in [2.05, 4.69) is 41.3 Å². The molecule has 0 radical (unpaired) electrons. The van der Waals surface area contributed by atoms with Crippen molar-refractivity contribution in [1.29, 1.82) is 0 Å². The molecule has 154 valence electrons. The number of nitrogens with zero attached hydrogens (tertiary/aromatic N) is 2. The van der Waals surface area contributed by atoms with Gasteiger partial charge in [0, 0.05) is 32.7 Å². The fourth-order valence-corrected chi connectivity index (χ4v) is 3.15. The fraction of sp³-hybridized carbons (Fsp3) is 0.650. The third-order valence-electron chi connectivity index (χ3n) is 4.15. The molecule has 1 saturated heterocycles. The maximum atomic E-state index is 5.78. The minimum atomic E-state index is 0. The van der Waals surface area contributed by atoms with E-state index in [0.717, 1.165) is 57.4 Å². The molecule has 1 aliphatic rings. The van der Waals surface area contributed by atoms with E-state index in [1.54, 1.807) is 0 Å². The van der Waals surface area contributed by atoms with Gasteiger partial charge in [0.2, 0.25) is 0 Å². The second kappa shape index (κ2) is 14.0. The Kier molecular flexibility index (Phi) is 12.4. The molecule has 2 rings (SSSR count). The lowest BCUT2D eigenvalue weighted by atomic mass is 10.2. The van der Waals surface area contributed by atoms with Crippen LogP contribution >= 0.6 is 24.0 Å². The molecular formula is C20H35IN4O2. The van der Waals surface area contributed by atoms with Gasteiger partial charge >= 0.3 is 0 Å². The van der Waals surface area contributed by atoms with Gasteiger partial charge in [-0.1, -0.05) is 18.2 Å². The molecule has 2 atom stereocenters. The maximum Gasteiger partial charge on any atom is 0.191 e. The van der Waals surface area contributed by atoms with Crippen molar-refractivity contribution < 1.29 is 9.47 Å². The Balaban J connectivity index is 0.00000364. The molecule has 2 unspecified atom stereocenters. The minimum absolute atomic E-state index is 0. The molecule has 0 aliphatic carbocycles. The number of halogens is 1. The van der Waals surface area contributed by atoms with Crippen LogP contribution in [0.3, 0.4) is 0 Å². The summed E-state index contributed by atoms with van der Waals surface area (Å²) in [5.74, 6) is 1.75. The first-order chi connectivity index (χ1) is 12.7. The molecule has 1 aromatic carbocycles. The average Bonchev–Trinajstić information content (AvgIpc) is 2.62. The van der Waals surface area contributed by atoms with Crippen molar-refractivity contribution in [3.63, 3.8) is 0 Å². The van der Waals surface area contributed by atoms with Crippen LogP contribution in [0.15, 0.2) is 35.3 Å². The number of hydrogen-bond donors (Lipinski definition) is 2. The molecule has 27 heavy (non-hydrogen) atoms. The van der Waals surface area contributed by atoms with Gasteiger partial charge in [-0.05, 0) is 39.3 Å². The van der Waals surface area contributed by atoms with E-state index in [4.69, 9.17) is 9.47 Å². The largest absolute Gasteiger partial charge is 0.492 e. The van der Waals surface area contributed by atoms with Gasteiger partial charge in [-0.2, -0.15) is 0 Å². The summed E-state index contributed by atoms with van der Waals surface area (Å²) in [4.78, 5) is 7.14. The van der Waals surface area contributed by atoms with E-state index in [1.165, 1.54) is 0 Å². The van der Waals surface area contributed by atoms with Crippen LogP contribution in [-0.2, 0) is 4.74 Å². The van der Waals surface area contributed by atoms with Crippen LogP contribution < -0.4 is 15.4 Å². The first-order valence-electron chi connectivity index (χ1n) is 9.75. The molecule has 0 spiro atoms. The van der Waals surface area contributed by atoms with Gasteiger partial charge in [0.1, 0.15) is 12.4 Å². The van der Waals surface area contributed by atoms with E-state index in [0.29, 0.717) is 18.8 Å². The number of hydrogen-bond acceptors (Lipinski definition) is 4. The molecule has 0 bridgehead atoms. The molecule has 1 aromatic rings. The SMILES string of the molecule is CCNC(=NCCCN1CC(C)OC(C)C1)NCCOc1ccccc1.I. The third-order valence-corrected chi connectivity index (χ3v) is 4.15. The number of ether oxygens (including phenoxy) is 2. The summed E-state index contributed by atoms with van der Waals surface area (Å²) in [7, 11) is 0. The molecule has 1 heterocycles. The Bertz CT molecular complexity index is 520. The molecule has 1 aliphatic heterocycles. The standard InChI is InChI=1S/C20H34N4O2.HI/c1-4-21-20(23-12-14-25-19-9-6-5-7-10-19)22-11-8-13-24-15-17(2)26-18(3)16-24;/h5-7,9-10,17-18H,4,8,11-16H2,1-3H3,(H2,21,22,23);1H. The summed E-state index contributed by atoms with van der Waals surface area (Å²) in [5, 5.41) is 6.61. The Morgan fingerprint density at radius 1 is 1.19 bits per heavy atom. The zero-order valence-electron chi connectivity index (χ0n) is 16.8. The van der Waals surface area contributed by atoms with Gasteiger partial charge < -0.3 is 20.1 Å². The highest BCUT2D eigenvalue weighted by Gasteiger charge is 2.21. The normalized spacial score (nSPS) is 20.6. The smallest absolute Gasteiger partial charge is 0.191 e. The molecule has 6 nitrogen and oxygen atoms in total. The van der Waals surface area contributed by atoms with Gasteiger partial charge in [0.05, 0.1) is 18.8 Å². The van der Waals surface area contributed by atoms with Crippen molar-refractivity contribution in [2.24, 2.45) is 4.99 Å². The predicted molar refractivity (Wildman–Crippen MR) is 122 cm³/mol. The van der Waals surface area contributed by atoms with E-state index in [-0.39, 0.29) is 24.0 Å². The Morgan fingerprint density at radius 2 is 1.89 bits per heavy atom. The summed E-state index contributed by atoms with van der Waals surface area (Å²) in [5.41, 5.74) is 0. The number of morpholine rings is 1. The van der Waals surface area contributed by atoms with Crippen LogP contribution in [0.25, 0.3) is 0 Å². The van der Waals surface area contributed by atoms with Crippen molar-refractivity contribution in [3.05, 3.63) is 30.3 Å². The van der Waals surface area contributed by atoms with Crippen LogP contribution in [0.2, 0.25) is 0 Å². The number of para-hydroxylation sites is 1. The van der Waals surface area contributed by atoms with Crippen LogP contribution in [0.1, 0.15) is 27.2 Å². The van der Waals surface area contributed by atoms with Crippen molar-refractivity contribution >= 4 is 29.9 Å². The van der Waals surface area contributed by atoms with Gasteiger partial charge in [0.15, 0.2) is 5.96 Å². The molecule has 7 heteroatoms. The van der Waals surface area contributed by atoms with Crippen LogP contribution in [0.4, 0.5) is 0 Å². The molecule has 0 saturated carbocycles. The van der Waals surface area contributed by atoms with E-state index >= 15 is 0 Å². The minimum Gasteiger partial charge on any atom is -0.492 e. The summed E-state index contributed by atoms with van der Waals surface area (Å²) in [6, 6.07) is 9.87. The Morgan fingerprint density at radius 3 is 2.56 bits per heavy atom. The number of guanidine groups is 1.